The van der Waals surface area contributed by atoms with E-state index in [1.165, 1.54) is 29.2 Å². The fourth-order valence-electron chi connectivity index (χ4n) is 2.88. The van der Waals surface area contributed by atoms with E-state index in [2.05, 4.69) is 15.4 Å². The van der Waals surface area contributed by atoms with E-state index < -0.39 is 11.7 Å². The second kappa shape index (κ2) is 9.52. The molecule has 1 N–H and O–H groups in total. The minimum absolute atomic E-state index is 0.0848. The van der Waals surface area contributed by atoms with Crippen LogP contribution in [0.25, 0.3) is 0 Å². The van der Waals surface area contributed by atoms with Gasteiger partial charge in [0.15, 0.2) is 17.3 Å². The molecule has 8 nitrogen and oxygen atoms in total. The Kier molecular flexibility index (Phi) is 6.37. The van der Waals surface area contributed by atoms with Crippen LogP contribution in [0.3, 0.4) is 0 Å². The Balaban J connectivity index is 1.35. The smallest absolute Gasteiger partial charge is 0.293 e. The van der Waals surface area contributed by atoms with Gasteiger partial charge in [0.25, 0.3) is 5.91 Å². The lowest BCUT2D eigenvalue weighted by atomic mass is 10.2. The molecule has 0 radical (unpaired) electrons. The van der Waals surface area contributed by atoms with Crippen molar-refractivity contribution in [3.63, 3.8) is 0 Å². The number of anilines is 1. The lowest BCUT2D eigenvalue weighted by molar-refractivity contribution is 0.0991. The van der Waals surface area contributed by atoms with Crippen LogP contribution < -0.4 is 14.8 Å². The average molecular weight is 457 g/mol. The summed E-state index contributed by atoms with van der Waals surface area (Å²) in [5, 5.41) is 7.02. The van der Waals surface area contributed by atoms with E-state index in [-0.39, 0.29) is 29.9 Å². The van der Waals surface area contributed by atoms with E-state index in [0.29, 0.717) is 22.8 Å². The first-order valence-corrected chi connectivity index (χ1v) is 9.89. The molecule has 0 spiro atoms. The minimum atomic E-state index is -0.508. The standard InChI is InChI=1S/C22H18ClFN4O4/c1-30-18-4-2-3-5-19(18)31-12-16-8-9-20(32-16)21(29)26-22-25-13-28(27-22)11-14-6-7-15(24)10-17(14)23/h2-10,13H,11-12H2,1H3,(H,26,27,29). The van der Waals surface area contributed by atoms with Gasteiger partial charge in [0.1, 0.15) is 24.5 Å². The van der Waals surface area contributed by atoms with Gasteiger partial charge in [-0.25, -0.2) is 14.1 Å². The van der Waals surface area contributed by atoms with Gasteiger partial charge in [-0.05, 0) is 42.0 Å². The number of amides is 1. The SMILES string of the molecule is COc1ccccc1OCc1ccc(C(=O)Nc2ncn(Cc3ccc(F)cc3Cl)n2)o1. The van der Waals surface area contributed by atoms with Crippen molar-refractivity contribution in [2.45, 2.75) is 13.2 Å². The van der Waals surface area contributed by atoms with Crippen molar-refractivity contribution in [3.05, 3.63) is 88.8 Å². The van der Waals surface area contributed by atoms with Crippen molar-refractivity contribution in [2.24, 2.45) is 0 Å². The molecule has 164 valence electrons. The molecule has 2 aromatic carbocycles. The third-order valence-electron chi connectivity index (χ3n) is 4.43. The molecule has 0 aliphatic carbocycles. The number of rotatable bonds is 8. The molecule has 0 unspecified atom stereocenters. The number of furan rings is 1. The Morgan fingerprint density at radius 3 is 2.78 bits per heavy atom. The van der Waals surface area contributed by atoms with Gasteiger partial charge in [0, 0.05) is 5.02 Å². The molecule has 4 aromatic rings. The van der Waals surface area contributed by atoms with Crippen molar-refractivity contribution in [1.82, 2.24) is 14.8 Å². The second-order valence-corrected chi connectivity index (χ2v) is 7.07. The molecule has 0 saturated heterocycles. The highest BCUT2D eigenvalue weighted by molar-refractivity contribution is 6.31. The Morgan fingerprint density at radius 1 is 1.19 bits per heavy atom. The van der Waals surface area contributed by atoms with E-state index >= 15 is 0 Å². The minimum Gasteiger partial charge on any atom is -0.493 e. The monoisotopic (exact) mass is 456 g/mol. The molecule has 2 aromatic heterocycles. The first-order chi connectivity index (χ1) is 15.5. The maximum absolute atomic E-state index is 13.2. The number of para-hydroxylation sites is 2. The van der Waals surface area contributed by atoms with Crippen molar-refractivity contribution < 1.29 is 23.1 Å². The van der Waals surface area contributed by atoms with E-state index in [1.54, 1.807) is 31.4 Å². The molecule has 1 amide bonds. The van der Waals surface area contributed by atoms with Crippen molar-refractivity contribution in [1.29, 1.82) is 0 Å². The fraction of sp³-hybridized carbons (Fsp3) is 0.136. The zero-order valence-corrected chi connectivity index (χ0v) is 17.7. The molecular formula is C22H18ClFN4O4. The van der Waals surface area contributed by atoms with Crippen LogP contribution in [0, 0.1) is 5.82 Å². The Hall–Kier alpha value is -3.85. The number of aromatic nitrogens is 3. The first-order valence-electron chi connectivity index (χ1n) is 9.51. The summed E-state index contributed by atoms with van der Waals surface area (Å²) in [4.78, 5) is 16.5. The Labute approximate surface area is 187 Å². The van der Waals surface area contributed by atoms with Crippen molar-refractivity contribution >= 4 is 23.5 Å². The number of nitrogens with zero attached hydrogens (tertiary/aromatic N) is 3. The summed E-state index contributed by atoms with van der Waals surface area (Å²) in [6.07, 6.45) is 1.43. The second-order valence-electron chi connectivity index (χ2n) is 6.66. The third kappa shape index (κ3) is 5.06. The van der Waals surface area contributed by atoms with Crippen molar-refractivity contribution in [3.8, 4) is 11.5 Å². The largest absolute Gasteiger partial charge is 0.493 e. The molecule has 0 bridgehead atoms. The first kappa shape index (κ1) is 21.4. The average Bonchev–Trinajstić information content (AvgIpc) is 3.44. The van der Waals surface area contributed by atoms with Gasteiger partial charge in [0.2, 0.25) is 5.95 Å². The van der Waals surface area contributed by atoms with Crippen LogP contribution in [0.4, 0.5) is 10.3 Å². The summed E-state index contributed by atoms with van der Waals surface area (Å²) in [5.74, 6) is 0.875. The van der Waals surface area contributed by atoms with Gasteiger partial charge >= 0.3 is 0 Å². The number of benzene rings is 2. The number of carbonyl (C=O) groups is 1. The Bertz CT molecular complexity index is 1240. The summed E-state index contributed by atoms with van der Waals surface area (Å²) in [6, 6.07) is 14.5. The predicted octanol–water partition coefficient (Wildman–Crippen LogP) is 4.55. The topological polar surface area (TPSA) is 91.4 Å². The van der Waals surface area contributed by atoms with Crippen LogP contribution in [-0.4, -0.2) is 27.8 Å². The molecule has 0 aliphatic rings. The molecule has 32 heavy (non-hydrogen) atoms. The number of ether oxygens (including phenoxy) is 2. The van der Waals surface area contributed by atoms with Gasteiger partial charge in [0.05, 0.1) is 13.7 Å². The summed E-state index contributed by atoms with van der Waals surface area (Å²) >= 11 is 6.03. The molecule has 10 heteroatoms. The lowest BCUT2D eigenvalue weighted by Crippen LogP contribution is -2.12. The number of hydrogen-bond donors (Lipinski definition) is 1. The maximum Gasteiger partial charge on any atom is 0.293 e. The van der Waals surface area contributed by atoms with Gasteiger partial charge < -0.3 is 13.9 Å². The third-order valence-corrected chi connectivity index (χ3v) is 4.79. The highest BCUT2D eigenvalue weighted by Crippen LogP contribution is 2.27. The molecule has 4 rings (SSSR count). The highest BCUT2D eigenvalue weighted by atomic mass is 35.5. The number of carbonyl (C=O) groups excluding carboxylic acids is 1. The van der Waals surface area contributed by atoms with E-state index in [9.17, 15) is 9.18 Å². The van der Waals surface area contributed by atoms with Gasteiger partial charge in [-0.15, -0.1) is 5.10 Å². The quantitative estimate of drug-likeness (QED) is 0.418. The van der Waals surface area contributed by atoms with Crippen LogP contribution in [0.15, 0.2) is 65.3 Å². The normalized spacial score (nSPS) is 10.7. The van der Waals surface area contributed by atoms with Crippen LogP contribution >= 0.6 is 11.6 Å². The molecule has 0 saturated carbocycles. The Morgan fingerprint density at radius 2 is 2.00 bits per heavy atom. The fourth-order valence-corrected chi connectivity index (χ4v) is 3.11. The summed E-state index contributed by atoms with van der Waals surface area (Å²) in [7, 11) is 1.56. The molecule has 0 atom stereocenters. The van der Waals surface area contributed by atoms with Crippen LogP contribution in [-0.2, 0) is 13.2 Å². The molecule has 0 fully saturated rings. The van der Waals surface area contributed by atoms with E-state index in [0.717, 1.165) is 0 Å². The lowest BCUT2D eigenvalue weighted by Gasteiger charge is -2.08. The summed E-state index contributed by atoms with van der Waals surface area (Å²) in [5.41, 5.74) is 0.668. The molecular weight excluding hydrogens is 439 g/mol. The highest BCUT2D eigenvalue weighted by Gasteiger charge is 2.15. The molecule has 2 heterocycles. The number of hydrogen-bond acceptors (Lipinski definition) is 6. The maximum atomic E-state index is 13.2. The van der Waals surface area contributed by atoms with Crippen LogP contribution in [0.5, 0.6) is 11.5 Å². The zero-order valence-electron chi connectivity index (χ0n) is 16.9. The summed E-state index contributed by atoms with van der Waals surface area (Å²) < 4.78 is 31.1. The molecule has 0 aliphatic heterocycles. The predicted molar refractivity (Wildman–Crippen MR) is 115 cm³/mol. The van der Waals surface area contributed by atoms with Gasteiger partial charge in [-0.1, -0.05) is 29.8 Å². The van der Waals surface area contributed by atoms with Gasteiger partial charge in [-0.3, -0.25) is 10.1 Å². The van der Waals surface area contributed by atoms with E-state index in [1.807, 2.05) is 12.1 Å². The van der Waals surface area contributed by atoms with Crippen LogP contribution in [0.2, 0.25) is 5.02 Å². The van der Waals surface area contributed by atoms with Crippen molar-refractivity contribution in [2.75, 3.05) is 12.4 Å². The van der Waals surface area contributed by atoms with Gasteiger partial charge in [-0.2, -0.15) is 0 Å². The number of nitrogens with one attached hydrogen (secondary N) is 1. The number of halogens is 2. The van der Waals surface area contributed by atoms with Crippen LogP contribution in [0.1, 0.15) is 21.9 Å². The zero-order chi connectivity index (χ0) is 22.5. The summed E-state index contributed by atoms with van der Waals surface area (Å²) in [6.45, 7) is 0.395. The number of methoxy groups -OCH3 is 1. The van der Waals surface area contributed by atoms with E-state index in [4.69, 9.17) is 25.5 Å².